The van der Waals surface area contributed by atoms with Crippen molar-refractivity contribution in [2.45, 2.75) is 18.2 Å². The fourth-order valence-corrected chi connectivity index (χ4v) is 2.05. The van der Waals surface area contributed by atoms with Gasteiger partial charge in [0.25, 0.3) is 5.69 Å². The number of hydrogen-bond acceptors (Lipinski definition) is 5. The SMILES string of the molecule is CCCSc1ccc([N+](=O)[O-])c(NC(=O)OC)c1. The van der Waals surface area contributed by atoms with Crippen LogP contribution in [0.4, 0.5) is 16.2 Å². The second kappa shape index (κ2) is 6.85. The third kappa shape index (κ3) is 3.92. The summed E-state index contributed by atoms with van der Waals surface area (Å²) in [5, 5.41) is 13.2. The molecule has 0 bridgehead atoms. The van der Waals surface area contributed by atoms with E-state index in [2.05, 4.69) is 10.1 Å². The molecule has 6 nitrogen and oxygen atoms in total. The lowest BCUT2D eigenvalue weighted by Crippen LogP contribution is -2.12. The predicted octanol–water partition coefficient (Wildman–Crippen LogP) is 3.28. The Morgan fingerprint density at radius 2 is 2.28 bits per heavy atom. The molecule has 0 aliphatic carbocycles. The van der Waals surface area contributed by atoms with E-state index in [0.29, 0.717) is 0 Å². The van der Waals surface area contributed by atoms with E-state index in [0.717, 1.165) is 17.1 Å². The molecule has 0 aliphatic rings. The lowest BCUT2D eigenvalue weighted by atomic mass is 10.2. The molecule has 0 fully saturated rings. The van der Waals surface area contributed by atoms with E-state index in [1.807, 2.05) is 6.92 Å². The normalized spacial score (nSPS) is 9.89. The van der Waals surface area contributed by atoms with Crippen molar-refractivity contribution in [3.8, 4) is 0 Å². The molecule has 0 aliphatic heterocycles. The Kier molecular flexibility index (Phi) is 5.44. The Balaban J connectivity index is 2.99. The summed E-state index contributed by atoms with van der Waals surface area (Å²) >= 11 is 1.57. The van der Waals surface area contributed by atoms with Gasteiger partial charge in [-0.1, -0.05) is 6.92 Å². The maximum Gasteiger partial charge on any atom is 0.411 e. The molecular weight excluding hydrogens is 256 g/mol. The number of anilines is 1. The summed E-state index contributed by atoms with van der Waals surface area (Å²) in [6, 6.07) is 4.62. The molecule has 1 rings (SSSR count). The average Bonchev–Trinajstić information content (AvgIpc) is 2.36. The minimum atomic E-state index is -0.726. The standard InChI is InChI=1S/C11H14N2O4S/c1-3-6-18-8-4-5-10(13(15)16)9(7-8)12-11(14)17-2/h4-5,7H,3,6H2,1-2H3,(H,12,14). The Morgan fingerprint density at radius 3 is 2.83 bits per heavy atom. The van der Waals surface area contributed by atoms with E-state index >= 15 is 0 Å². The summed E-state index contributed by atoms with van der Waals surface area (Å²) in [5.74, 6) is 0.912. The minimum Gasteiger partial charge on any atom is -0.453 e. The number of carbonyl (C=O) groups excluding carboxylic acids is 1. The van der Waals surface area contributed by atoms with Crippen molar-refractivity contribution in [3.63, 3.8) is 0 Å². The van der Waals surface area contributed by atoms with E-state index < -0.39 is 11.0 Å². The van der Waals surface area contributed by atoms with Crippen molar-refractivity contribution in [2.24, 2.45) is 0 Å². The van der Waals surface area contributed by atoms with E-state index in [-0.39, 0.29) is 11.4 Å². The molecule has 1 N–H and O–H groups in total. The summed E-state index contributed by atoms with van der Waals surface area (Å²) < 4.78 is 4.43. The number of nitrogens with one attached hydrogen (secondary N) is 1. The van der Waals surface area contributed by atoms with Crippen molar-refractivity contribution in [3.05, 3.63) is 28.3 Å². The molecule has 1 aromatic rings. The lowest BCUT2D eigenvalue weighted by Gasteiger charge is -2.07. The molecular formula is C11H14N2O4S. The van der Waals surface area contributed by atoms with Crippen molar-refractivity contribution < 1.29 is 14.5 Å². The number of benzene rings is 1. The Bertz CT molecular complexity index is 451. The monoisotopic (exact) mass is 270 g/mol. The van der Waals surface area contributed by atoms with Gasteiger partial charge in [-0.25, -0.2) is 4.79 Å². The molecule has 0 heterocycles. The first-order valence-electron chi connectivity index (χ1n) is 5.34. The first-order valence-corrected chi connectivity index (χ1v) is 6.33. The van der Waals surface area contributed by atoms with Crippen LogP contribution < -0.4 is 5.32 Å². The maximum atomic E-state index is 11.1. The van der Waals surface area contributed by atoms with Gasteiger partial charge in [-0.05, 0) is 24.3 Å². The quantitative estimate of drug-likeness (QED) is 0.504. The molecule has 0 atom stereocenters. The lowest BCUT2D eigenvalue weighted by molar-refractivity contribution is -0.384. The van der Waals surface area contributed by atoms with Crippen molar-refractivity contribution in [2.75, 3.05) is 18.2 Å². The van der Waals surface area contributed by atoms with Gasteiger partial charge in [-0.3, -0.25) is 15.4 Å². The number of carbonyl (C=O) groups is 1. The van der Waals surface area contributed by atoms with Gasteiger partial charge in [-0.15, -0.1) is 11.8 Å². The summed E-state index contributed by atoms with van der Waals surface area (Å²) in [4.78, 5) is 22.3. The molecule has 18 heavy (non-hydrogen) atoms. The summed E-state index contributed by atoms with van der Waals surface area (Å²) in [7, 11) is 1.21. The molecule has 1 aromatic carbocycles. The molecule has 0 saturated heterocycles. The second-order valence-corrected chi connectivity index (χ2v) is 4.57. The number of methoxy groups -OCH3 is 1. The number of ether oxygens (including phenoxy) is 1. The van der Waals surface area contributed by atoms with Crippen LogP contribution in [-0.4, -0.2) is 23.9 Å². The van der Waals surface area contributed by atoms with Gasteiger partial charge < -0.3 is 4.74 Å². The van der Waals surface area contributed by atoms with E-state index in [1.54, 1.807) is 23.9 Å². The minimum absolute atomic E-state index is 0.146. The maximum absolute atomic E-state index is 11.1. The first-order chi connectivity index (χ1) is 8.58. The Labute approximate surface area is 109 Å². The number of rotatable bonds is 5. The van der Waals surface area contributed by atoms with E-state index in [9.17, 15) is 14.9 Å². The number of nitrogens with zero attached hydrogens (tertiary/aromatic N) is 1. The van der Waals surface area contributed by atoms with E-state index in [4.69, 9.17) is 0 Å². The molecule has 0 saturated carbocycles. The number of thioether (sulfide) groups is 1. The molecule has 0 aromatic heterocycles. The van der Waals surface area contributed by atoms with Gasteiger partial charge in [0, 0.05) is 11.0 Å². The van der Waals surface area contributed by atoms with Crippen LogP contribution >= 0.6 is 11.8 Å². The van der Waals surface area contributed by atoms with Crippen LogP contribution in [0.3, 0.4) is 0 Å². The zero-order valence-electron chi connectivity index (χ0n) is 10.1. The zero-order valence-corrected chi connectivity index (χ0v) is 11.0. The molecule has 1 amide bonds. The fraction of sp³-hybridized carbons (Fsp3) is 0.364. The highest BCUT2D eigenvalue weighted by Crippen LogP contribution is 2.30. The topological polar surface area (TPSA) is 81.5 Å². The summed E-state index contributed by atoms with van der Waals surface area (Å²) in [5.41, 5.74) is -0.00537. The molecule has 7 heteroatoms. The average molecular weight is 270 g/mol. The van der Waals surface area contributed by atoms with Crippen LogP contribution in [-0.2, 0) is 4.74 Å². The Morgan fingerprint density at radius 1 is 1.56 bits per heavy atom. The summed E-state index contributed by atoms with van der Waals surface area (Å²) in [6.45, 7) is 2.05. The molecule has 0 unspecified atom stereocenters. The van der Waals surface area contributed by atoms with Gasteiger partial charge in [0.1, 0.15) is 5.69 Å². The van der Waals surface area contributed by atoms with Crippen LogP contribution in [0.25, 0.3) is 0 Å². The highest BCUT2D eigenvalue weighted by Gasteiger charge is 2.16. The third-order valence-corrected chi connectivity index (χ3v) is 3.26. The van der Waals surface area contributed by atoms with Crippen molar-refractivity contribution in [1.82, 2.24) is 0 Å². The predicted molar refractivity (Wildman–Crippen MR) is 70.1 cm³/mol. The summed E-state index contributed by atoms with van der Waals surface area (Å²) in [6.07, 6.45) is 0.275. The van der Waals surface area contributed by atoms with Crippen LogP contribution in [0.2, 0.25) is 0 Å². The van der Waals surface area contributed by atoms with Crippen molar-refractivity contribution in [1.29, 1.82) is 0 Å². The van der Waals surface area contributed by atoms with Gasteiger partial charge in [0.15, 0.2) is 0 Å². The van der Waals surface area contributed by atoms with Crippen LogP contribution in [0, 0.1) is 10.1 Å². The van der Waals surface area contributed by atoms with E-state index in [1.165, 1.54) is 13.2 Å². The van der Waals surface area contributed by atoms with Gasteiger partial charge >= 0.3 is 6.09 Å². The number of amides is 1. The number of nitro groups is 1. The highest BCUT2D eigenvalue weighted by atomic mass is 32.2. The van der Waals surface area contributed by atoms with Gasteiger partial charge in [-0.2, -0.15) is 0 Å². The van der Waals surface area contributed by atoms with Crippen LogP contribution in [0.5, 0.6) is 0 Å². The largest absolute Gasteiger partial charge is 0.453 e. The smallest absolute Gasteiger partial charge is 0.411 e. The van der Waals surface area contributed by atoms with Gasteiger partial charge in [0.2, 0.25) is 0 Å². The Hall–Kier alpha value is -1.76. The third-order valence-electron chi connectivity index (χ3n) is 2.06. The molecule has 0 spiro atoms. The highest BCUT2D eigenvalue weighted by molar-refractivity contribution is 7.99. The second-order valence-electron chi connectivity index (χ2n) is 3.40. The van der Waals surface area contributed by atoms with Gasteiger partial charge in [0.05, 0.1) is 12.0 Å². The molecule has 98 valence electrons. The van der Waals surface area contributed by atoms with Crippen molar-refractivity contribution >= 4 is 29.2 Å². The zero-order chi connectivity index (χ0) is 13.5. The number of hydrogen-bond donors (Lipinski definition) is 1. The number of nitro benzene ring substituents is 1. The molecule has 0 radical (unpaired) electrons. The fourth-order valence-electron chi connectivity index (χ4n) is 1.25. The first kappa shape index (κ1) is 14.3. The van der Waals surface area contributed by atoms with Crippen LogP contribution in [0.15, 0.2) is 23.1 Å². The van der Waals surface area contributed by atoms with Crippen LogP contribution in [0.1, 0.15) is 13.3 Å².